The van der Waals surface area contributed by atoms with E-state index < -0.39 is 0 Å². The summed E-state index contributed by atoms with van der Waals surface area (Å²) in [6.45, 7) is 0. The van der Waals surface area contributed by atoms with E-state index in [1.54, 1.807) is 6.20 Å². The molecule has 1 unspecified atom stereocenters. The van der Waals surface area contributed by atoms with Gasteiger partial charge in [-0.3, -0.25) is 9.78 Å². The van der Waals surface area contributed by atoms with Crippen LogP contribution in [0.3, 0.4) is 0 Å². The summed E-state index contributed by atoms with van der Waals surface area (Å²) in [7, 11) is 0. The molecule has 1 aliphatic heterocycles. The first kappa shape index (κ1) is 12.4. The molecule has 1 aromatic heterocycles. The number of carbonyl (C=O) groups excluding carboxylic acids is 1. The lowest BCUT2D eigenvalue weighted by atomic mass is 10.0. The van der Waals surface area contributed by atoms with Gasteiger partial charge in [-0.25, -0.2) is 0 Å². The normalized spacial score (nSPS) is 16.8. The Morgan fingerprint density at radius 1 is 1.32 bits per heavy atom. The van der Waals surface area contributed by atoms with E-state index in [2.05, 4.69) is 32.3 Å². The number of aromatic nitrogens is 1. The number of para-hydroxylation sites is 1. The quantitative estimate of drug-likeness (QED) is 0.946. The Morgan fingerprint density at radius 2 is 2.16 bits per heavy atom. The van der Waals surface area contributed by atoms with Crippen LogP contribution in [0.1, 0.15) is 11.3 Å². The third-order valence-corrected chi connectivity index (χ3v) is 3.77. The van der Waals surface area contributed by atoms with Crippen molar-refractivity contribution in [3.63, 3.8) is 0 Å². The predicted octanol–water partition coefficient (Wildman–Crippen LogP) is 2.99. The van der Waals surface area contributed by atoms with Crippen LogP contribution in [0.2, 0.25) is 0 Å². The molecule has 19 heavy (non-hydrogen) atoms. The number of ketones is 1. The van der Waals surface area contributed by atoms with Crippen molar-refractivity contribution in [2.24, 2.45) is 0 Å². The molecule has 0 saturated heterocycles. The Morgan fingerprint density at radius 3 is 2.89 bits per heavy atom. The lowest BCUT2D eigenvalue weighted by molar-refractivity contribution is -0.119. The predicted molar refractivity (Wildman–Crippen MR) is 78.2 cm³/mol. The molecule has 3 nitrogen and oxygen atoms in total. The zero-order valence-corrected chi connectivity index (χ0v) is 11.9. The maximum Gasteiger partial charge on any atom is 0.161 e. The van der Waals surface area contributed by atoms with E-state index >= 15 is 0 Å². The van der Waals surface area contributed by atoms with Crippen molar-refractivity contribution in [3.8, 4) is 0 Å². The summed E-state index contributed by atoms with van der Waals surface area (Å²) in [6.07, 6.45) is 2.86. The van der Waals surface area contributed by atoms with Gasteiger partial charge in [0.2, 0.25) is 0 Å². The van der Waals surface area contributed by atoms with Gasteiger partial charge < -0.3 is 5.32 Å². The van der Waals surface area contributed by atoms with Crippen molar-refractivity contribution in [2.75, 3.05) is 5.32 Å². The molecule has 0 saturated carbocycles. The molecule has 2 aromatic rings. The third kappa shape index (κ3) is 2.68. The smallest absolute Gasteiger partial charge is 0.161 e. The Hall–Kier alpha value is -1.68. The number of fused-ring (bicyclic) bond motifs is 1. The van der Waals surface area contributed by atoms with Gasteiger partial charge in [0.15, 0.2) is 5.78 Å². The molecule has 96 valence electrons. The number of hydrogen-bond donors (Lipinski definition) is 1. The molecular weight excluding hydrogens is 304 g/mol. The van der Waals surface area contributed by atoms with Crippen molar-refractivity contribution in [3.05, 3.63) is 58.3 Å². The van der Waals surface area contributed by atoms with Crippen molar-refractivity contribution in [1.82, 2.24) is 4.98 Å². The van der Waals surface area contributed by atoms with Crippen molar-refractivity contribution < 1.29 is 4.79 Å². The van der Waals surface area contributed by atoms with Crippen molar-refractivity contribution >= 4 is 27.4 Å². The number of benzene rings is 1. The van der Waals surface area contributed by atoms with Gasteiger partial charge >= 0.3 is 0 Å². The number of nitrogens with one attached hydrogen (secondary N) is 1. The highest BCUT2D eigenvalue weighted by Gasteiger charge is 2.26. The first-order valence-corrected chi connectivity index (χ1v) is 6.99. The summed E-state index contributed by atoms with van der Waals surface area (Å²) in [6, 6.07) is 11.7. The maximum atomic E-state index is 12.3. The topological polar surface area (TPSA) is 42.0 Å². The fourth-order valence-electron chi connectivity index (χ4n) is 2.30. The number of anilines is 1. The Kier molecular flexibility index (Phi) is 3.34. The molecule has 1 aromatic carbocycles. The molecule has 0 spiro atoms. The van der Waals surface area contributed by atoms with Crippen LogP contribution >= 0.6 is 15.9 Å². The fraction of sp³-hybridized carbons (Fsp3) is 0.200. The summed E-state index contributed by atoms with van der Waals surface area (Å²) < 4.78 is 0.926. The zero-order chi connectivity index (χ0) is 13.2. The largest absolute Gasteiger partial charge is 0.375 e. The highest BCUT2D eigenvalue weighted by molar-refractivity contribution is 9.10. The number of Topliss-reactive ketones (excluding diaryl/α,β-unsaturated/α-hetero) is 1. The zero-order valence-electron chi connectivity index (χ0n) is 10.3. The second kappa shape index (κ2) is 5.13. The lowest BCUT2D eigenvalue weighted by Gasteiger charge is -2.09. The van der Waals surface area contributed by atoms with E-state index in [0.29, 0.717) is 6.42 Å². The highest BCUT2D eigenvalue weighted by atomic mass is 79.9. The van der Waals surface area contributed by atoms with Gasteiger partial charge in [-0.1, -0.05) is 18.2 Å². The Balaban J connectivity index is 1.68. The Bertz CT molecular complexity index is 585. The van der Waals surface area contributed by atoms with Crippen LogP contribution < -0.4 is 5.32 Å². The van der Waals surface area contributed by atoms with Gasteiger partial charge in [-0.05, 0) is 39.7 Å². The fourth-order valence-corrected chi connectivity index (χ4v) is 2.54. The van der Waals surface area contributed by atoms with Gasteiger partial charge in [-0.2, -0.15) is 0 Å². The summed E-state index contributed by atoms with van der Waals surface area (Å²) in [5, 5.41) is 3.28. The van der Waals surface area contributed by atoms with Crippen LogP contribution in [0, 0.1) is 0 Å². The molecule has 0 amide bonds. The van der Waals surface area contributed by atoms with E-state index in [1.807, 2.05) is 30.3 Å². The number of pyridine rings is 1. The second-order valence-electron chi connectivity index (χ2n) is 4.67. The Labute approximate surface area is 120 Å². The average molecular weight is 317 g/mol. The van der Waals surface area contributed by atoms with E-state index in [0.717, 1.165) is 22.3 Å². The first-order chi connectivity index (χ1) is 9.22. The monoisotopic (exact) mass is 316 g/mol. The summed E-state index contributed by atoms with van der Waals surface area (Å²) in [5.74, 6) is 0.186. The van der Waals surface area contributed by atoms with Gasteiger partial charge in [0.1, 0.15) is 0 Å². The number of nitrogens with zero attached hydrogens (tertiary/aromatic N) is 1. The molecule has 0 aliphatic carbocycles. The van der Waals surface area contributed by atoms with Crippen LogP contribution in [0.5, 0.6) is 0 Å². The standard InChI is InChI=1S/C15H13BrN2O/c16-11-5-6-12(17-9-11)8-15(19)14-7-10-3-1-2-4-13(10)18-14/h1-6,9,14,18H,7-8H2. The molecule has 4 heteroatoms. The van der Waals surface area contributed by atoms with Crippen LogP contribution in [0.4, 0.5) is 5.69 Å². The molecule has 3 rings (SSSR count). The van der Waals surface area contributed by atoms with Gasteiger partial charge in [0, 0.05) is 28.5 Å². The summed E-state index contributed by atoms with van der Waals surface area (Å²) >= 11 is 3.34. The number of carbonyl (C=O) groups is 1. The lowest BCUT2D eigenvalue weighted by Crippen LogP contribution is -2.28. The van der Waals surface area contributed by atoms with E-state index in [4.69, 9.17) is 0 Å². The molecular formula is C15H13BrN2O. The van der Waals surface area contributed by atoms with Crippen LogP contribution in [-0.4, -0.2) is 16.8 Å². The molecule has 0 fully saturated rings. The minimum atomic E-state index is -0.122. The van der Waals surface area contributed by atoms with Crippen LogP contribution in [0.25, 0.3) is 0 Å². The molecule has 1 atom stereocenters. The number of rotatable bonds is 3. The average Bonchev–Trinajstić information content (AvgIpc) is 2.85. The minimum absolute atomic E-state index is 0.122. The summed E-state index contributed by atoms with van der Waals surface area (Å²) in [5.41, 5.74) is 3.10. The van der Waals surface area contributed by atoms with Crippen molar-refractivity contribution in [1.29, 1.82) is 0 Å². The summed E-state index contributed by atoms with van der Waals surface area (Å²) in [4.78, 5) is 16.5. The molecule has 1 aliphatic rings. The molecule has 2 heterocycles. The van der Waals surface area contributed by atoms with Gasteiger partial charge in [0.05, 0.1) is 12.5 Å². The molecule has 1 N–H and O–H groups in total. The molecule has 0 bridgehead atoms. The van der Waals surface area contributed by atoms with E-state index in [9.17, 15) is 4.79 Å². The number of hydrogen-bond acceptors (Lipinski definition) is 3. The van der Waals surface area contributed by atoms with Gasteiger partial charge in [0.25, 0.3) is 0 Å². The minimum Gasteiger partial charge on any atom is -0.375 e. The van der Waals surface area contributed by atoms with E-state index in [1.165, 1.54) is 5.56 Å². The van der Waals surface area contributed by atoms with Crippen LogP contribution in [0.15, 0.2) is 47.1 Å². The third-order valence-electron chi connectivity index (χ3n) is 3.30. The molecule has 0 radical (unpaired) electrons. The first-order valence-electron chi connectivity index (χ1n) is 6.20. The number of halogens is 1. The SMILES string of the molecule is O=C(Cc1ccc(Br)cn1)C1Cc2ccccc2N1. The highest BCUT2D eigenvalue weighted by Crippen LogP contribution is 2.26. The maximum absolute atomic E-state index is 12.3. The second-order valence-corrected chi connectivity index (χ2v) is 5.58. The van der Waals surface area contributed by atoms with Crippen molar-refractivity contribution in [2.45, 2.75) is 18.9 Å². The van der Waals surface area contributed by atoms with E-state index in [-0.39, 0.29) is 11.8 Å². The van der Waals surface area contributed by atoms with Gasteiger partial charge in [-0.15, -0.1) is 0 Å². The van der Waals surface area contributed by atoms with Crippen LogP contribution in [-0.2, 0) is 17.6 Å².